The van der Waals surface area contributed by atoms with Crippen LogP contribution >= 0.6 is 11.6 Å². The molecular formula is C23H26ClN5O4. The fourth-order valence-electron chi connectivity index (χ4n) is 4.09. The predicted octanol–water partition coefficient (Wildman–Crippen LogP) is 2.53. The molecule has 1 aliphatic heterocycles. The molecule has 1 aromatic carbocycles. The molecule has 0 aliphatic carbocycles. The number of fused-ring (bicyclic) bond motifs is 1. The van der Waals surface area contributed by atoms with E-state index in [4.69, 9.17) is 21.0 Å². The monoisotopic (exact) mass is 471 g/mol. The molecule has 10 heteroatoms. The Labute approximate surface area is 196 Å². The summed E-state index contributed by atoms with van der Waals surface area (Å²) >= 11 is 6.34. The van der Waals surface area contributed by atoms with Gasteiger partial charge in [-0.25, -0.2) is 4.63 Å². The molecule has 9 nitrogen and oxygen atoms in total. The number of aromatic nitrogens is 3. The molecule has 3 heterocycles. The SMILES string of the molecule is COc1cc(=O)n2c(c1C(=O)N(C)Cc1nonc1C)CCN(Cc1ccccc1Cl)CC2. The molecule has 174 valence electrons. The molecule has 1 aliphatic rings. The van der Waals surface area contributed by atoms with E-state index >= 15 is 0 Å². The van der Waals surface area contributed by atoms with Gasteiger partial charge in [0.1, 0.15) is 22.7 Å². The Kier molecular flexibility index (Phi) is 6.80. The van der Waals surface area contributed by atoms with Crippen LogP contribution in [0.1, 0.15) is 33.0 Å². The van der Waals surface area contributed by atoms with Crippen LogP contribution in [0.25, 0.3) is 0 Å². The third kappa shape index (κ3) is 4.79. The minimum Gasteiger partial charge on any atom is -0.496 e. The van der Waals surface area contributed by atoms with Crippen molar-refractivity contribution in [1.82, 2.24) is 24.7 Å². The molecule has 0 saturated carbocycles. The van der Waals surface area contributed by atoms with E-state index in [1.54, 1.807) is 18.5 Å². The van der Waals surface area contributed by atoms with E-state index in [0.717, 1.165) is 5.56 Å². The summed E-state index contributed by atoms with van der Waals surface area (Å²) in [5.74, 6) is 0.0233. The first-order valence-corrected chi connectivity index (χ1v) is 11.1. The molecule has 2 aromatic heterocycles. The van der Waals surface area contributed by atoms with E-state index in [0.29, 0.717) is 60.3 Å². The van der Waals surface area contributed by atoms with Crippen LogP contribution < -0.4 is 10.3 Å². The van der Waals surface area contributed by atoms with Crippen molar-refractivity contribution in [3.8, 4) is 5.75 Å². The zero-order valence-electron chi connectivity index (χ0n) is 18.9. The highest BCUT2D eigenvalue weighted by molar-refractivity contribution is 6.31. The van der Waals surface area contributed by atoms with Crippen molar-refractivity contribution in [2.75, 3.05) is 27.2 Å². The number of hydrogen-bond donors (Lipinski definition) is 0. The second-order valence-corrected chi connectivity index (χ2v) is 8.51. The number of ether oxygens (including phenoxy) is 1. The van der Waals surface area contributed by atoms with Crippen molar-refractivity contribution in [2.45, 2.75) is 33.0 Å². The van der Waals surface area contributed by atoms with Gasteiger partial charge in [-0.2, -0.15) is 0 Å². The van der Waals surface area contributed by atoms with Crippen LogP contribution in [-0.2, 0) is 26.1 Å². The van der Waals surface area contributed by atoms with E-state index in [9.17, 15) is 9.59 Å². The van der Waals surface area contributed by atoms with Gasteiger partial charge in [0, 0.05) is 56.4 Å². The van der Waals surface area contributed by atoms with Gasteiger partial charge in [-0.1, -0.05) is 40.1 Å². The van der Waals surface area contributed by atoms with Gasteiger partial charge in [-0.3, -0.25) is 14.5 Å². The number of benzene rings is 1. The minimum atomic E-state index is -0.252. The van der Waals surface area contributed by atoms with E-state index < -0.39 is 0 Å². The number of carbonyl (C=O) groups is 1. The Morgan fingerprint density at radius 1 is 1.24 bits per heavy atom. The maximum atomic E-state index is 13.5. The maximum Gasteiger partial charge on any atom is 0.259 e. The van der Waals surface area contributed by atoms with Crippen LogP contribution in [-0.4, -0.2) is 57.8 Å². The summed E-state index contributed by atoms with van der Waals surface area (Å²) in [6, 6.07) is 9.12. The number of amides is 1. The Hall–Kier alpha value is -3.17. The predicted molar refractivity (Wildman–Crippen MR) is 123 cm³/mol. The number of aryl methyl sites for hydroxylation is 1. The molecule has 33 heavy (non-hydrogen) atoms. The summed E-state index contributed by atoms with van der Waals surface area (Å²) in [5.41, 5.74) is 3.12. The lowest BCUT2D eigenvalue weighted by molar-refractivity contribution is 0.0776. The van der Waals surface area contributed by atoms with Crippen molar-refractivity contribution >= 4 is 17.5 Å². The Balaban J connectivity index is 1.63. The smallest absolute Gasteiger partial charge is 0.259 e. The van der Waals surface area contributed by atoms with Crippen LogP contribution in [0.15, 0.2) is 39.8 Å². The Bertz CT molecular complexity index is 1220. The van der Waals surface area contributed by atoms with Crippen LogP contribution in [0, 0.1) is 6.92 Å². The number of nitrogens with zero attached hydrogens (tertiary/aromatic N) is 5. The minimum absolute atomic E-state index is 0.183. The lowest BCUT2D eigenvalue weighted by atomic mass is 10.1. The number of methoxy groups -OCH3 is 1. The quantitative estimate of drug-likeness (QED) is 0.545. The molecule has 0 spiro atoms. The van der Waals surface area contributed by atoms with Crippen LogP contribution in [0.2, 0.25) is 5.02 Å². The van der Waals surface area contributed by atoms with Crippen LogP contribution in [0.5, 0.6) is 5.75 Å². The molecule has 0 unspecified atom stereocenters. The van der Waals surface area contributed by atoms with Crippen LogP contribution in [0.3, 0.4) is 0 Å². The summed E-state index contributed by atoms with van der Waals surface area (Å²) in [4.78, 5) is 30.1. The van der Waals surface area contributed by atoms with Gasteiger partial charge in [0.05, 0.1) is 13.7 Å². The fourth-order valence-corrected chi connectivity index (χ4v) is 4.29. The van der Waals surface area contributed by atoms with Gasteiger partial charge in [-0.15, -0.1) is 0 Å². The maximum absolute atomic E-state index is 13.5. The topological polar surface area (TPSA) is 93.7 Å². The number of halogens is 1. The standard InChI is InChI=1S/C23H26ClN5O4/c1-15-18(26-33-25-15)14-27(2)23(31)22-19-8-9-28(13-16-6-4-5-7-17(16)24)10-11-29(19)21(30)12-20(22)32-3/h4-7,12H,8-11,13-14H2,1-3H3. The highest BCUT2D eigenvalue weighted by Crippen LogP contribution is 2.26. The first-order valence-electron chi connectivity index (χ1n) is 10.7. The van der Waals surface area contributed by atoms with Gasteiger partial charge in [0.2, 0.25) is 0 Å². The average molecular weight is 472 g/mol. The second kappa shape index (κ2) is 9.76. The Morgan fingerprint density at radius 2 is 2.03 bits per heavy atom. The van der Waals surface area contributed by atoms with E-state index in [1.165, 1.54) is 18.1 Å². The average Bonchev–Trinajstić information content (AvgIpc) is 3.08. The molecule has 0 saturated heterocycles. The highest BCUT2D eigenvalue weighted by Gasteiger charge is 2.28. The molecule has 0 bridgehead atoms. The molecule has 0 N–H and O–H groups in total. The van der Waals surface area contributed by atoms with E-state index in [1.807, 2.05) is 24.3 Å². The zero-order valence-corrected chi connectivity index (χ0v) is 19.6. The van der Waals surface area contributed by atoms with Gasteiger partial charge in [0.25, 0.3) is 11.5 Å². The van der Waals surface area contributed by atoms with Crippen molar-refractivity contribution < 1.29 is 14.2 Å². The van der Waals surface area contributed by atoms with Gasteiger partial charge in [0.15, 0.2) is 0 Å². The second-order valence-electron chi connectivity index (χ2n) is 8.10. The lowest BCUT2D eigenvalue weighted by Crippen LogP contribution is -2.32. The number of rotatable bonds is 6. The third-order valence-corrected chi connectivity index (χ3v) is 6.32. The fraction of sp³-hybridized carbons (Fsp3) is 0.391. The number of hydrogen-bond acceptors (Lipinski definition) is 7. The highest BCUT2D eigenvalue weighted by atomic mass is 35.5. The van der Waals surface area contributed by atoms with Gasteiger partial charge in [-0.05, 0) is 18.6 Å². The normalized spacial score (nSPS) is 13.9. The molecule has 0 radical (unpaired) electrons. The lowest BCUT2D eigenvalue weighted by Gasteiger charge is -2.21. The van der Waals surface area contributed by atoms with Gasteiger partial charge >= 0.3 is 0 Å². The first kappa shape index (κ1) is 23.0. The summed E-state index contributed by atoms with van der Waals surface area (Å²) in [7, 11) is 3.15. The molecule has 4 rings (SSSR count). The zero-order chi connectivity index (χ0) is 23.5. The van der Waals surface area contributed by atoms with E-state index in [-0.39, 0.29) is 23.8 Å². The van der Waals surface area contributed by atoms with Crippen molar-refractivity contribution in [3.63, 3.8) is 0 Å². The number of pyridine rings is 1. The molecule has 0 atom stereocenters. The molecule has 0 fully saturated rings. The van der Waals surface area contributed by atoms with Gasteiger partial charge < -0.3 is 14.2 Å². The number of carbonyl (C=O) groups excluding carboxylic acids is 1. The van der Waals surface area contributed by atoms with E-state index in [2.05, 4.69) is 15.2 Å². The Morgan fingerprint density at radius 3 is 2.73 bits per heavy atom. The summed E-state index contributed by atoms with van der Waals surface area (Å²) in [6.45, 7) is 4.48. The summed E-state index contributed by atoms with van der Waals surface area (Å²) in [6.07, 6.45) is 0.524. The van der Waals surface area contributed by atoms with Crippen molar-refractivity contribution in [3.05, 3.63) is 73.9 Å². The first-order chi connectivity index (χ1) is 15.9. The molecule has 3 aromatic rings. The van der Waals surface area contributed by atoms with Crippen LogP contribution in [0.4, 0.5) is 0 Å². The summed E-state index contributed by atoms with van der Waals surface area (Å²) in [5, 5.41) is 8.35. The summed E-state index contributed by atoms with van der Waals surface area (Å²) < 4.78 is 11.9. The molecule has 1 amide bonds. The molecular weight excluding hydrogens is 446 g/mol. The largest absolute Gasteiger partial charge is 0.496 e. The van der Waals surface area contributed by atoms with Crippen molar-refractivity contribution in [2.24, 2.45) is 0 Å². The third-order valence-electron chi connectivity index (χ3n) is 5.95. The van der Waals surface area contributed by atoms with Crippen molar-refractivity contribution in [1.29, 1.82) is 0 Å².